The summed E-state index contributed by atoms with van der Waals surface area (Å²) < 4.78 is 7.82. The van der Waals surface area contributed by atoms with Gasteiger partial charge in [-0.2, -0.15) is 29.8 Å². The Hall–Kier alpha value is -2.18. The second kappa shape index (κ2) is 12.7. The van der Waals surface area contributed by atoms with Crippen molar-refractivity contribution in [2.45, 2.75) is 52.1 Å². The first-order chi connectivity index (χ1) is 16.8. The van der Waals surface area contributed by atoms with Crippen molar-refractivity contribution in [3.63, 3.8) is 0 Å². The molecule has 1 aliphatic heterocycles. The molecule has 4 nitrogen and oxygen atoms in total. The number of carbonyl (C=O) groups excluding carboxylic acids is 1. The van der Waals surface area contributed by atoms with E-state index in [4.69, 9.17) is 4.74 Å². The highest BCUT2D eigenvalue weighted by atomic mass is 32.1. The van der Waals surface area contributed by atoms with Gasteiger partial charge in [0.05, 0.1) is 11.8 Å². The van der Waals surface area contributed by atoms with Crippen molar-refractivity contribution in [3.8, 4) is 0 Å². The van der Waals surface area contributed by atoms with Gasteiger partial charge in [-0.15, -0.1) is 0 Å². The number of hydrogen-bond donors (Lipinski definition) is 2. The second-order valence-electron chi connectivity index (χ2n) is 9.36. The predicted octanol–water partition coefficient (Wildman–Crippen LogP) is 6.17. The summed E-state index contributed by atoms with van der Waals surface area (Å²) in [7, 11) is 0. The summed E-state index contributed by atoms with van der Waals surface area (Å²) in [6.45, 7) is 11.7. The number of allylic oxidation sites excluding steroid dienone is 1. The summed E-state index contributed by atoms with van der Waals surface area (Å²) >= 11 is 8.45. The van der Waals surface area contributed by atoms with Crippen molar-refractivity contribution in [1.82, 2.24) is 0 Å². The number of fused-ring (bicyclic) bond motifs is 1. The first-order valence-electron chi connectivity index (χ1n) is 12.5. The molecule has 0 N–H and O–H groups in total. The fraction of sp³-hybridized carbons (Fsp3) is 0.448. The number of nitrogens with zero attached hydrogens (tertiary/aromatic N) is 2. The molecule has 0 unspecified atom stereocenters. The third-order valence-corrected chi connectivity index (χ3v) is 7.54. The highest BCUT2D eigenvalue weighted by Crippen LogP contribution is 2.40. The molecule has 0 bridgehead atoms. The molecule has 3 rings (SSSR count). The molecule has 1 aliphatic rings. The van der Waals surface area contributed by atoms with E-state index < -0.39 is 0 Å². The average molecular weight is 512 g/mol. The van der Waals surface area contributed by atoms with Crippen LogP contribution in [0.3, 0.4) is 0 Å². The van der Waals surface area contributed by atoms with Gasteiger partial charge in [0.15, 0.2) is 5.71 Å². The van der Waals surface area contributed by atoms with Crippen molar-refractivity contribution in [2.24, 2.45) is 0 Å². The van der Waals surface area contributed by atoms with Crippen LogP contribution in [0.15, 0.2) is 54.6 Å². The number of benzene rings is 2. The van der Waals surface area contributed by atoms with Crippen LogP contribution < -0.4 is 4.90 Å². The molecule has 0 spiro atoms. The molecule has 0 amide bonds. The quantitative estimate of drug-likeness (QED) is 0.203. The number of hydrogen-bond acceptors (Lipinski definition) is 5. The smallest absolute Gasteiger partial charge is 0.306 e. The zero-order valence-electron chi connectivity index (χ0n) is 21.4. The lowest BCUT2D eigenvalue weighted by Crippen LogP contribution is -2.28. The Morgan fingerprint density at radius 1 is 1.03 bits per heavy atom. The number of rotatable bonds is 12. The summed E-state index contributed by atoms with van der Waals surface area (Å²) in [6, 6.07) is 17.3. The van der Waals surface area contributed by atoms with Gasteiger partial charge in [0.1, 0.15) is 12.6 Å². The summed E-state index contributed by atoms with van der Waals surface area (Å²) in [4.78, 5) is 14.6. The first kappa shape index (κ1) is 27.4. The zero-order chi connectivity index (χ0) is 25.4. The van der Waals surface area contributed by atoms with Crippen LogP contribution in [0, 0.1) is 0 Å². The Morgan fingerprint density at radius 2 is 1.69 bits per heavy atom. The molecule has 0 fully saturated rings. The van der Waals surface area contributed by atoms with Crippen molar-refractivity contribution in [3.05, 3.63) is 65.7 Å². The van der Waals surface area contributed by atoms with Gasteiger partial charge in [-0.3, -0.25) is 4.79 Å². The van der Waals surface area contributed by atoms with Crippen molar-refractivity contribution in [2.75, 3.05) is 36.0 Å². The third kappa shape index (κ3) is 6.53. The molecule has 1 heterocycles. The van der Waals surface area contributed by atoms with Crippen molar-refractivity contribution >= 4 is 54.4 Å². The molecular weight excluding hydrogens is 472 g/mol. The molecule has 0 atom stereocenters. The Bertz CT molecular complexity index is 1050. The molecule has 35 heavy (non-hydrogen) atoms. The molecule has 2 aromatic carbocycles. The van der Waals surface area contributed by atoms with Gasteiger partial charge in [0.25, 0.3) is 0 Å². The Morgan fingerprint density at radius 3 is 2.31 bits per heavy atom. The van der Waals surface area contributed by atoms with Crippen LogP contribution in [0.2, 0.25) is 0 Å². The van der Waals surface area contributed by atoms with Gasteiger partial charge in [-0.1, -0.05) is 30.3 Å². The fourth-order valence-corrected chi connectivity index (χ4v) is 5.31. The lowest BCUT2D eigenvalue weighted by molar-refractivity contribution is -0.438. The third-order valence-electron chi connectivity index (χ3n) is 6.72. The number of esters is 1. The van der Waals surface area contributed by atoms with E-state index in [2.05, 4.69) is 123 Å². The van der Waals surface area contributed by atoms with Crippen molar-refractivity contribution < 1.29 is 14.1 Å². The SMILES string of the molecule is CCN(CC)c1ccc(/C=C/C2=[N+](CCCC(=O)OC(CS)CS)c3ccccc3C2(C)C)cc1. The van der Waals surface area contributed by atoms with Gasteiger partial charge in [0.2, 0.25) is 5.69 Å². The van der Waals surface area contributed by atoms with Crippen LogP contribution in [0.25, 0.3) is 6.08 Å². The van der Waals surface area contributed by atoms with E-state index in [1.54, 1.807) is 0 Å². The summed E-state index contributed by atoms with van der Waals surface area (Å²) in [5, 5.41) is 0. The standard InChI is InChI=1S/C29H38N2O2S2/c1-5-30(6-2)23-16-13-22(14-17-23)15-18-27-29(3,4)25-10-7-8-11-26(25)31(27)19-9-12-28(32)33-24(20-34)21-35/h7-8,10-11,13-18,24H,5-6,9,12,19-21H2,1-4H3,(H-,34,35)/p+1. The number of thiol groups is 2. The second-order valence-corrected chi connectivity index (χ2v) is 10.1. The van der Waals surface area contributed by atoms with Crippen LogP contribution in [0.4, 0.5) is 11.4 Å². The van der Waals surface area contributed by atoms with Crippen LogP contribution in [0.1, 0.15) is 51.7 Å². The molecule has 2 aromatic rings. The van der Waals surface area contributed by atoms with E-state index in [0.717, 1.165) is 19.6 Å². The van der Waals surface area contributed by atoms with Gasteiger partial charge < -0.3 is 9.64 Å². The van der Waals surface area contributed by atoms with Crippen molar-refractivity contribution in [1.29, 1.82) is 0 Å². The summed E-state index contributed by atoms with van der Waals surface area (Å²) in [6.07, 6.45) is 5.29. The number of carbonyl (C=O) groups is 1. The highest BCUT2D eigenvalue weighted by Gasteiger charge is 2.43. The van der Waals surface area contributed by atoms with E-state index in [-0.39, 0.29) is 17.5 Å². The number of ether oxygens (including phenoxy) is 1. The number of para-hydroxylation sites is 1. The van der Waals surface area contributed by atoms with Crippen LogP contribution >= 0.6 is 25.3 Å². The van der Waals surface area contributed by atoms with Gasteiger partial charge in [0, 0.05) is 54.4 Å². The lowest BCUT2D eigenvalue weighted by atomic mass is 9.81. The molecule has 0 aliphatic carbocycles. The fourth-order valence-electron chi connectivity index (χ4n) is 4.70. The molecule has 0 saturated heterocycles. The van der Waals surface area contributed by atoms with E-state index in [1.807, 2.05) is 0 Å². The summed E-state index contributed by atoms with van der Waals surface area (Å²) in [5.41, 5.74) is 6.06. The maximum absolute atomic E-state index is 12.3. The predicted molar refractivity (Wildman–Crippen MR) is 155 cm³/mol. The maximum Gasteiger partial charge on any atom is 0.306 e. The molecule has 6 heteroatoms. The normalized spacial score (nSPS) is 14.6. The highest BCUT2D eigenvalue weighted by molar-refractivity contribution is 7.81. The topological polar surface area (TPSA) is 32.5 Å². The molecule has 188 valence electrons. The minimum Gasteiger partial charge on any atom is -0.461 e. The monoisotopic (exact) mass is 511 g/mol. The van der Waals surface area contributed by atoms with Gasteiger partial charge >= 0.3 is 5.97 Å². The van der Waals surface area contributed by atoms with Crippen LogP contribution in [-0.2, 0) is 14.9 Å². The van der Waals surface area contributed by atoms with Crippen LogP contribution in [-0.4, -0.2) is 53.5 Å². The van der Waals surface area contributed by atoms with Gasteiger partial charge in [-0.05, 0) is 51.5 Å². The maximum atomic E-state index is 12.3. The minimum atomic E-state index is -0.237. The van der Waals surface area contributed by atoms with E-state index in [9.17, 15) is 4.79 Å². The Kier molecular flexibility index (Phi) is 9.93. The van der Waals surface area contributed by atoms with Gasteiger partial charge in [-0.25, -0.2) is 0 Å². The molecular formula is C29H39N2O2S2+. The first-order valence-corrected chi connectivity index (χ1v) is 13.8. The summed E-state index contributed by atoms with van der Waals surface area (Å²) in [5.74, 6) is 0.790. The Labute approximate surface area is 221 Å². The van der Waals surface area contributed by atoms with E-state index >= 15 is 0 Å². The largest absolute Gasteiger partial charge is 0.461 e. The van der Waals surface area contributed by atoms with E-state index in [0.29, 0.717) is 24.3 Å². The van der Waals surface area contributed by atoms with E-state index in [1.165, 1.54) is 28.2 Å². The molecule has 0 aromatic heterocycles. The molecule has 0 saturated carbocycles. The zero-order valence-corrected chi connectivity index (χ0v) is 23.2. The van der Waals surface area contributed by atoms with Crippen LogP contribution in [0.5, 0.6) is 0 Å². The molecule has 0 radical (unpaired) electrons. The lowest BCUT2D eigenvalue weighted by Gasteiger charge is -2.20. The average Bonchev–Trinajstić information content (AvgIpc) is 3.08. The minimum absolute atomic E-state index is 0.127. The number of anilines is 1. The Balaban J connectivity index is 1.81.